The third kappa shape index (κ3) is 6.53. The molecule has 0 spiro atoms. The van der Waals surface area contributed by atoms with Crippen LogP contribution in [0.3, 0.4) is 0 Å². The van der Waals surface area contributed by atoms with Crippen molar-refractivity contribution >= 4 is 5.82 Å². The molecule has 1 aromatic heterocycles. The Bertz CT molecular complexity index is 415. The lowest BCUT2D eigenvalue weighted by atomic mass is 10.3. The lowest BCUT2D eigenvalue weighted by molar-refractivity contribution is -0.136. The molecule has 0 aliphatic heterocycles. The smallest absolute Gasteiger partial charge is 0.389 e. The van der Waals surface area contributed by atoms with Gasteiger partial charge in [-0.05, 0) is 13.3 Å². The molecule has 0 unspecified atom stereocenters. The molecule has 0 amide bonds. The third-order valence-corrected chi connectivity index (χ3v) is 2.19. The van der Waals surface area contributed by atoms with Crippen molar-refractivity contribution in [1.82, 2.24) is 9.97 Å². The average molecular weight is 294 g/mol. The molecule has 9 heteroatoms. The van der Waals surface area contributed by atoms with Crippen molar-refractivity contribution in [2.45, 2.75) is 32.5 Å². The van der Waals surface area contributed by atoms with E-state index >= 15 is 0 Å². The van der Waals surface area contributed by atoms with E-state index in [2.05, 4.69) is 15.4 Å². The van der Waals surface area contributed by atoms with Gasteiger partial charge in [0.15, 0.2) is 5.82 Å². The lowest BCUT2D eigenvalue weighted by Crippen LogP contribution is -2.13. The zero-order valence-corrected chi connectivity index (χ0v) is 11.0. The van der Waals surface area contributed by atoms with E-state index < -0.39 is 12.6 Å². The van der Waals surface area contributed by atoms with Crippen LogP contribution in [0.2, 0.25) is 0 Å². The number of nitrogens with zero attached hydrogens (tertiary/aromatic N) is 2. The molecule has 0 atom stereocenters. The van der Waals surface area contributed by atoms with Crippen LogP contribution in [-0.4, -0.2) is 29.4 Å². The number of anilines is 1. The third-order valence-electron chi connectivity index (χ3n) is 2.19. The van der Waals surface area contributed by atoms with Crippen LogP contribution in [-0.2, 0) is 11.3 Å². The Balaban J connectivity index is 2.55. The number of nitrogen functional groups attached to an aromatic ring is 1. The van der Waals surface area contributed by atoms with Gasteiger partial charge in [0.25, 0.3) is 0 Å². The number of alkyl halides is 3. The van der Waals surface area contributed by atoms with E-state index in [1.807, 2.05) is 6.92 Å². The summed E-state index contributed by atoms with van der Waals surface area (Å²) in [5.74, 6) is 6.05. The van der Waals surface area contributed by atoms with E-state index in [1.165, 1.54) is 6.07 Å². The van der Waals surface area contributed by atoms with Crippen LogP contribution in [0.1, 0.15) is 25.6 Å². The minimum absolute atomic E-state index is 0.0887. The van der Waals surface area contributed by atoms with Crippen LogP contribution in [0.5, 0.6) is 5.88 Å². The van der Waals surface area contributed by atoms with E-state index in [1.54, 1.807) is 0 Å². The van der Waals surface area contributed by atoms with Crippen molar-refractivity contribution in [2.24, 2.45) is 5.84 Å². The standard InChI is InChI=1S/C11H17F3N4O2/c1-2-19-7-9-16-8(18-15)6-10(17-9)20-5-3-4-11(12,13)14/h6H,2-5,7,15H2,1H3,(H,16,17,18). The molecule has 114 valence electrons. The number of hydrazine groups is 1. The average Bonchev–Trinajstić information content (AvgIpc) is 2.40. The first-order valence-electron chi connectivity index (χ1n) is 6.06. The molecule has 6 nitrogen and oxygen atoms in total. The summed E-state index contributed by atoms with van der Waals surface area (Å²) in [4.78, 5) is 8.04. The highest BCUT2D eigenvalue weighted by Gasteiger charge is 2.26. The first kappa shape index (κ1) is 16.4. The number of halogens is 3. The highest BCUT2D eigenvalue weighted by atomic mass is 19.4. The van der Waals surface area contributed by atoms with E-state index in [0.29, 0.717) is 18.2 Å². The Morgan fingerprint density at radius 2 is 2.10 bits per heavy atom. The number of hydrogen-bond donors (Lipinski definition) is 2. The van der Waals surface area contributed by atoms with Crippen LogP contribution < -0.4 is 16.0 Å². The minimum Gasteiger partial charge on any atom is -0.478 e. The van der Waals surface area contributed by atoms with Crippen molar-refractivity contribution in [2.75, 3.05) is 18.6 Å². The molecule has 0 bridgehead atoms. The molecule has 1 aromatic rings. The maximum atomic E-state index is 12.0. The Kier molecular flexibility index (Phi) is 6.46. The summed E-state index contributed by atoms with van der Waals surface area (Å²) in [6.45, 7) is 2.39. The topological polar surface area (TPSA) is 82.3 Å². The number of nitrogens with two attached hydrogens (primary N) is 1. The molecular formula is C11H17F3N4O2. The summed E-state index contributed by atoms with van der Waals surface area (Å²) in [7, 11) is 0. The van der Waals surface area contributed by atoms with E-state index in [-0.39, 0.29) is 25.5 Å². The monoisotopic (exact) mass is 294 g/mol. The van der Waals surface area contributed by atoms with Gasteiger partial charge in [0.1, 0.15) is 12.4 Å². The molecule has 0 aromatic carbocycles. The van der Waals surface area contributed by atoms with Crippen molar-refractivity contribution in [3.05, 3.63) is 11.9 Å². The lowest BCUT2D eigenvalue weighted by Gasteiger charge is -2.10. The zero-order valence-electron chi connectivity index (χ0n) is 11.0. The second kappa shape index (κ2) is 7.85. The van der Waals surface area contributed by atoms with Crippen LogP contribution in [0.15, 0.2) is 6.07 Å². The van der Waals surface area contributed by atoms with Crippen LogP contribution in [0, 0.1) is 0 Å². The van der Waals surface area contributed by atoms with Crippen molar-refractivity contribution in [3.8, 4) is 5.88 Å². The highest BCUT2D eigenvalue weighted by molar-refractivity contribution is 5.36. The Hall–Kier alpha value is -1.61. The summed E-state index contributed by atoms with van der Waals surface area (Å²) < 4.78 is 46.2. The predicted molar refractivity (Wildman–Crippen MR) is 66.0 cm³/mol. The fourth-order valence-corrected chi connectivity index (χ4v) is 1.33. The Morgan fingerprint density at radius 1 is 1.35 bits per heavy atom. The predicted octanol–water partition coefficient (Wildman–Crippen LogP) is 2.02. The van der Waals surface area contributed by atoms with Gasteiger partial charge in [-0.15, -0.1) is 0 Å². The van der Waals surface area contributed by atoms with Gasteiger partial charge >= 0.3 is 6.18 Å². The van der Waals surface area contributed by atoms with E-state index in [0.717, 1.165) is 0 Å². The molecular weight excluding hydrogens is 277 g/mol. The maximum Gasteiger partial charge on any atom is 0.389 e. The largest absolute Gasteiger partial charge is 0.478 e. The van der Waals surface area contributed by atoms with Crippen molar-refractivity contribution in [3.63, 3.8) is 0 Å². The molecule has 0 saturated heterocycles. The molecule has 0 aliphatic rings. The van der Waals surface area contributed by atoms with Crippen molar-refractivity contribution < 1.29 is 22.6 Å². The second-order valence-corrected chi connectivity index (χ2v) is 3.86. The fourth-order valence-electron chi connectivity index (χ4n) is 1.33. The Labute approximate surface area is 114 Å². The SMILES string of the molecule is CCOCc1nc(NN)cc(OCCCC(F)(F)F)n1. The van der Waals surface area contributed by atoms with Gasteiger partial charge in [0.2, 0.25) is 5.88 Å². The van der Waals surface area contributed by atoms with E-state index in [4.69, 9.17) is 15.3 Å². The minimum atomic E-state index is -4.18. The molecule has 0 aliphatic carbocycles. The number of hydrogen-bond acceptors (Lipinski definition) is 6. The van der Waals surface area contributed by atoms with E-state index in [9.17, 15) is 13.2 Å². The van der Waals surface area contributed by atoms with Gasteiger partial charge in [-0.3, -0.25) is 0 Å². The van der Waals surface area contributed by atoms with Gasteiger partial charge in [-0.25, -0.2) is 10.8 Å². The molecule has 1 rings (SSSR count). The summed E-state index contributed by atoms with van der Waals surface area (Å²) >= 11 is 0. The van der Waals surface area contributed by atoms with Crippen LogP contribution in [0.4, 0.5) is 19.0 Å². The molecule has 0 fully saturated rings. The summed E-state index contributed by atoms with van der Waals surface area (Å²) in [6, 6.07) is 1.41. The van der Waals surface area contributed by atoms with Crippen LogP contribution in [0.25, 0.3) is 0 Å². The van der Waals surface area contributed by atoms with Gasteiger partial charge in [0.05, 0.1) is 6.61 Å². The number of ether oxygens (including phenoxy) is 2. The molecule has 1 heterocycles. The van der Waals surface area contributed by atoms with Gasteiger partial charge in [0, 0.05) is 19.1 Å². The number of rotatable bonds is 8. The number of aromatic nitrogens is 2. The Morgan fingerprint density at radius 3 is 2.70 bits per heavy atom. The first-order chi connectivity index (χ1) is 9.44. The normalized spacial score (nSPS) is 11.4. The fraction of sp³-hybridized carbons (Fsp3) is 0.636. The van der Waals surface area contributed by atoms with Crippen LogP contribution >= 0.6 is 0 Å². The van der Waals surface area contributed by atoms with Gasteiger partial charge < -0.3 is 14.9 Å². The second-order valence-electron chi connectivity index (χ2n) is 3.86. The summed E-state index contributed by atoms with van der Waals surface area (Å²) in [6.07, 6.45) is -5.22. The summed E-state index contributed by atoms with van der Waals surface area (Å²) in [5.41, 5.74) is 2.33. The zero-order chi connectivity index (χ0) is 15.0. The molecule has 0 radical (unpaired) electrons. The van der Waals surface area contributed by atoms with Gasteiger partial charge in [-0.2, -0.15) is 18.2 Å². The molecule has 0 saturated carbocycles. The van der Waals surface area contributed by atoms with Crippen molar-refractivity contribution in [1.29, 1.82) is 0 Å². The quantitative estimate of drug-likeness (QED) is 0.433. The first-order valence-corrected chi connectivity index (χ1v) is 6.06. The maximum absolute atomic E-state index is 12.0. The van der Waals surface area contributed by atoms with Gasteiger partial charge in [-0.1, -0.05) is 0 Å². The summed E-state index contributed by atoms with van der Waals surface area (Å²) in [5, 5.41) is 0. The highest BCUT2D eigenvalue weighted by Crippen LogP contribution is 2.21. The number of nitrogens with one attached hydrogen (secondary N) is 1. The molecule has 3 N–H and O–H groups in total. The molecule has 20 heavy (non-hydrogen) atoms.